The second-order valence-corrected chi connectivity index (χ2v) is 7.31. The van der Waals surface area contributed by atoms with E-state index in [4.69, 9.17) is 9.29 Å². The van der Waals surface area contributed by atoms with Crippen LogP contribution in [0.4, 0.5) is 0 Å². The minimum atomic E-state index is -4.11. The van der Waals surface area contributed by atoms with Gasteiger partial charge >= 0.3 is 5.97 Å². The second-order valence-electron chi connectivity index (χ2n) is 5.74. The van der Waals surface area contributed by atoms with Gasteiger partial charge in [0.25, 0.3) is 10.1 Å². The van der Waals surface area contributed by atoms with Crippen LogP contribution in [0.2, 0.25) is 0 Å². The summed E-state index contributed by atoms with van der Waals surface area (Å²) in [6.07, 6.45) is -0.0553. The SMILES string of the molecule is O=C(OCCCS(=O)(=O)O)c1ccc2c(c1)C(=O)c1ccccc1C2=O. The van der Waals surface area contributed by atoms with Crippen molar-refractivity contribution in [3.05, 3.63) is 70.3 Å². The summed E-state index contributed by atoms with van der Waals surface area (Å²) in [6.45, 7) is -0.203. The van der Waals surface area contributed by atoms with Gasteiger partial charge in [0.2, 0.25) is 0 Å². The molecule has 0 bridgehead atoms. The molecule has 0 fully saturated rings. The van der Waals surface area contributed by atoms with E-state index in [0.29, 0.717) is 5.56 Å². The monoisotopic (exact) mass is 374 g/mol. The molecule has 3 rings (SSSR count). The second kappa shape index (κ2) is 6.81. The molecule has 0 saturated carbocycles. The summed E-state index contributed by atoms with van der Waals surface area (Å²) in [5, 5.41) is 0. The molecule has 0 heterocycles. The number of benzene rings is 2. The molecule has 26 heavy (non-hydrogen) atoms. The van der Waals surface area contributed by atoms with E-state index in [-0.39, 0.29) is 46.8 Å². The quantitative estimate of drug-likeness (QED) is 0.412. The summed E-state index contributed by atoms with van der Waals surface area (Å²) in [5.41, 5.74) is 1.03. The number of hydrogen-bond donors (Lipinski definition) is 1. The first-order chi connectivity index (χ1) is 12.3. The molecule has 0 unspecified atom stereocenters. The van der Waals surface area contributed by atoms with Gasteiger partial charge in [-0.2, -0.15) is 8.42 Å². The lowest BCUT2D eigenvalue weighted by atomic mass is 9.83. The first kappa shape index (κ1) is 18.0. The summed E-state index contributed by atoms with van der Waals surface area (Å²) in [5.74, 6) is -1.91. The molecule has 0 spiro atoms. The Hall–Kier alpha value is -2.84. The summed E-state index contributed by atoms with van der Waals surface area (Å²) < 4.78 is 34.8. The Balaban J connectivity index is 1.80. The molecule has 0 saturated heterocycles. The first-order valence-corrected chi connectivity index (χ1v) is 9.33. The molecule has 134 valence electrons. The zero-order valence-electron chi connectivity index (χ0n) is 13.5. The number of hydrogen-bond acceptors (Lipinski definition) is 6. The topological polar surface area (TPSA) is 115 Å². The van der Waals surface area contributed by atoms with Crippen molar-refractivity contribution in [1.82, 2.24) is 0 Å². The molecule has 1 N–H and O–H groups in total. The van der Waals surface area contributed by atoms with Crippen molar-refractivity contribution in [1.29, 1.82) is 0 Å². The highest BCUT2D eigenvalue weighted by atomic mass is 32.2. The number of fused-ring (bicyclic) bond motifs is 2. The van der Waals surface area contributed by atoms with Crippen molar-refractivity contribution in [2.45, 2.75) is 6.42 Å². The van der Waals surface area contributed by atoms with Gasteiger partial charge in [-0.3, -0.25) is 14.1 Å². The molecule has 0 atom stereocenters. The molecule has 1 aliphatic rings. The Kier molecular flexibility index (Phi) is 4.71. The first-order valence-electron chi connectivity index (χ1n) is 7.73. The van der Waals surface area contributed by atoms with Crippen LogP contribution < -0.4 is 0 Å². The van der Waals surface area contributed by atoms with Crippen LogP contribution in [0.1, 0.15) is 48.6 Å². The molecule has 2 aromatic rings. The highest BCUT2D eigenvalue weighted by Crippen LogP contribution is 2.28. The maximum absolute atomic E-state index is 12.6. The fourth-order valence-corrected chi connectivity index (χ4v) is 3.20. The average Bonchev–Trinajstić information content (AvgIpc) is 2.62. The Morgan fingerprint density at radius 2 is 1.50 bits per heavy atom. The van der Waals surface area contributed by atoms with Gasteiger partial charge in [0, 0.05) is 22.3 Å². The van der Waals surface area contributed by atoms with Gasteiger partial charge in [0.05, 0.1) is 17.9 Å². The third-order valence-corrected chi connectivity index (χ3v) is 4.75. The van der Waals surface area contributed by atoms with E-state index in [1.165, 1.54) is 18.2 Å². The van der Waals surface area contributed by atoms with E-state index in [1.807, 2.05) is 0 Å². The smallest absolute Gasteiger partial charge is 0.338 e. The lowest BCUT2D eigenvalue weighted by molar-refractivity contribution is 0.0505. The van der Waals surface area contributed by atoms with Crippen molar-refractivity contribution < 1.29 is 32.1 Å². The fourth-order valence-electron chi connectivity index (χ4n) is 2.72. The van der Waals surface area contributed by atoms with Crippen molar-refractivity contribution in [2.75, 3.05) is 12.4 Å². The Bertz CT molecular complexity index is 1020. The molecule has 0 aliphatic heterocycles. The molecule has 7 nitrogen and oxygen atoms in total. The van der Waals surface area contributed by atoms with Crippen LogP contribution in [0.3, 0.4) is 0 Å². The van der Waals surface area contributed by atoms with Crippen LogP contribution in [0, 0.1) is 0 Å². The van der Waals surface area contributed by atoms with Gasteiger partial charge < -0.3 is 4.74 Å². The third kappa shape index (κ3) is 3.56. The van der Waals surface area contributed by atoms with Gasteiger partial charge in [-0.25, -0.2) is 4.79 Å². The summed E-state index contributed by atoms with van der Waals surface area (Å²) >= 11 is 0. The van der Waals surface area contributed by atoms with Gasteiger partial charge in [0.1, 0.15) is 0 Å². The van der Waals surface area contributed by atoms with E-state index >= 15 is 0 Å². The van der Waals surface area contributed by atoms with E-state index in [1.54, 1.807) is 24.3 Å². The van der Waals surface area contributed by atoms with Crippen molar-refractivity contribution in [3.8, 4) is 0 Å². The van der Waals surface area contributed by atoms with Crippen LogP contribution in [-0.2, 0) is 14.9 Å². The van der Waals surface area contributed by atoms with Crippen LogP contribution >= 0.6 is 0 Å². The van der Waals surface area contributed by atoms with Crippen molar-refractivity contribution in [2.24, 2.45) is 0 Å². The summed E-state index contributed by atoms with van der Waals surface area (Å²) in [4.78, 5) is 37.1. The zero-order valence-corrected chi connectivity index (χ0v) is 14.3. The fraction of sp³-hybridized carbons (Fsp3) is 0.167. The molecule has 0 amide bonds. The number of ether oxygens (including phenoxy) is 1. The number of esters is 1. The van der Waals surface area contributed by atoms with Crippen LogP contribution in [0.5, 0.6) is 0 Å². The standard InChI is InChI=1S/C18H14O7S/c19-16-12-4-1-2-5-13(12)17(20)15-10-11(6-7-14(15)16)18(21)25-8-3-9-26(22,23)24/h1-2,4-7,10H,3,8-9H2,(H,22,23,24). The largest absolute Gasteiger partial charge is 0.462 e. The number of carbonyl (C=O) groups is 3. The maximum Gasteiger partial charge on any atom is 0.338 e. The van der Waals surface area contributed by atoms with Gasteiger partial charge in [-0.1, -0.05) is 24.3 Å². The van der Waals surface area contributed by atoms with Crippen LogP contribution in [0.25, 0.3) is 0 Å². The highest BCUT2D eigenvalue weighted by molar-refractivity contribution is 7.85. The normalized spacial score (nSPS) is 13.1. The Morgan fingerprint density at radius 3 is 2.12 bits per heavy atom. The summed E-state index contributed by atoms with van der Waals surface area (Å²) in [7, 11) is -4.11. The Morgan fingerprint density at radius 1 is 0.923 bits per heavy atom. The summed E-state index contributed by atoms with van der Waals surface area (Å²) in [6, 6.07) is 10.5. The van der Waals surface area contributed by atoms with E-state index in [0.717, 1.165) is 0 Å². The molecular formula is C18H14O7S. The molecule has 0 radical (unpaired) electrons. The predicted molar refractivity (Wildman–Crippen MR) is 91.1 cm³/mol. The van der Waals surface area contributed by atoms with Crippen LogP contribution in [0.15, 0.2) is 42.5 Å². The molecule has 2 aromatic carbocycles. The minimum Gasteiger partial charge on any atom is -0.462 e. The molecule has 0 aromatic heterocycles. The average molecular weight is 374 g/mol. The van der Waals surface area contributed by atoms with Gasteiger partial charge in [-0.15, -0.1) is 0 Å². The lowest BCUT2D eigenvalue weighted by Crippen LogP contribution is -2.21. The zero-order chi connectivity index (χ0) is 18.9. The highest BCUT2D eigenvalue weighted by Gasteiger charge is 2.30. The van der Waals surface area contributed by atoms with Gasteiger partial charge in [0.15, 0.2) is 11.6 Å². The number of rotatable bonds is 5. The van der Waals surface area contributed by atoms with E-state index in [9.17, 15) is 22.8 Å². The number of ketones is 2. The number of carbonyl (C=O) groups excluding carboxylic acids is 3. The van der Waals surface area contributed by atoms with Crippen molar-refractivity contribution >= 4 is 27.7 Å². The van der Waals surface area contributed by atoms with Crippen molar-refractivity contribution in [3.63, 3.8) is 0 Å². The van der Waals surface area contributed by atoms with Crippen LogP contribution in [-0.4, -0.2) is 42.9 Å². The van der Waals surface area contributed by atoms with E-state index < -0.39 is 21.8 Å². The molecular weight excluding hydrogens is 360 g/mol. The predicted octanol–water partition coefficient (Wildman–Crippen LogP) is 1.90. The van der Waals surface area contributed by atoms with Gasteiger partial charge in [-0.05, 0) is 24.6 Å². The Labute approximate surface area is 149 Å². The maximum atomic E-state index is 12.6. The van der Waals surface area contributed by atoms with E-state index in [2.05, 4.69) is 0 Å². The third-order valence-electron chi connectivity index (χ3n) is 3.94. The molecule has 1 aliphatic carbocycles. The minimum absolute atomic E-state index is 0.0553. The molecule has 8 heteroatoms. The lowest BCUT2D eigenvalue weighted by Gasteiger charge is -2.17.